The van der Waals surface area contributed by atoms with E-state index in [2.05, 4.69) is 10.6 Å². The van der Waals surface area contributed by atoms with E-state index in [1.165, 1.54) is 34.5 Å². The highest BCUT2D eigenvalue weighted by atomic mass is 32.2. The van der Waals surface area contributed by atoms with Crippen LogP contribution in [0.25, 0.3) is 0 Å². The quantitative estimate of drug-likeness (QED) is 0.242. The Bertz CT molecular complexity index is 1730. The standard InChI is InChI=1S/C36H45F3N4O7S/c1-24-21-43(25(2)23-44)34(45)31-20-29(41-35(46)40-28-15-13-27(14-16-28)36(37,38)39)17-18-32(31)50-26(3)10-8-9-19-49-33(24)22-42(4)51(47,48)30-11-6-5-7-12-30/h5-7,11-18,20,24-26,33,44H,8-10,19,21-23H2,1-4H3,(H2,40,41,46)/t24-,25+,26+,33-/m1/s1. The van der Waals surface area contributed by atoms with Crippen molar-refractivity contribution in [1.82, 2.24) is 9.21 Å². The van der Waals surface area contributed by atoms with Gasteiger partial charge >= 0.3 is 12.2 Å². The summed E-state index contributed by atoms with van der Waals surface area (Å²) in [6.07, 6.45) is -3.37. The predicted octanol–water partition coefficient (Wildman–Crippen LogP) is 6.47. The number of carbonyl (C=O) groups excluding carboxylic acids is 2. The topological polar surface area (TPSA) is 138 Å². The zero-order valence-electron chi connectivity index (χ0n) is 29.0. The molecule has 51 heavy (non-hydrogen) atoms. The van der Waals surface area contributed by atoms with Crippen LogP contribution in [0.4, 0.5) is 29.3 Å². The van der Waals surface area contributed by atoms with Crippen LogP contribution in [-0.2, 0) is 20.9 Å². The number of alkyl halides is 3. The number of nitrogens with zero attached hydrogens (tertiary/aromatic N) is 2. The van der Waals surface area contributed by atoms with Crippen molar-refractivity contribution in [3.8, 4) is 5.75 Å². The van der Waals surface area contributed by atoms with Gasteiger partial charge in [-0.3, -0.25) is 4.79 Å². The Labute approximate surface area is 296 Å². The lowest BCUT2D eigenvalue weighted by molar-refractivity contribution is -0.137. The van der Waals surface area contributed by atoms with E-state index in [4.69, 9.17) is 9.47 Å². The van der Waals surface area contributed by atoms with E-state index in [9.17, 15) is 36.3 Å². The Balaban J connectivity index is 1.60. The third-order valence-corrected chi connectivity index (χ3v) is 10.5. The second-order valence-corrected chi connectivity index (χ2v) is 14.8. The maximum Gasteiger partial charge on any atom is 0.416 e. The molecule has 0 aliphatic carbocycles. The van der Waals surface area contributed by atoms with Crippen molar-refractivity contribution in [2.24, 2.45) is 5.92 Å². The number of aliphatic hydroxyl groups is 1. The third-order valence-electron chi connectivity index (χ3n) is 8.67. The first-order valence-corrected chi connectivity index (χ1v) is 18.1. The summed E-state index contributed by atoms with van der Waals surface area (Å²) in [6, 6.07) is 15.2. The molecular formula is C36H45F3N4O7S. The minimum Gasteiger partial charge on any atom is -0.490 e. The van der Waals surface area contributed by atoms with E-state index in [0.717, 1.165) is 30.7 Å². The van der Waals surface area contributed by atoms with Crippen molar-refractivity contribution < 1.29 is 45.8 Å². The van der Waals surface area contributed by atoms with Crippen LogP contribution >= 0.6 is 0 Å². The van der Waals surface area contributed by atoms with Crippen LogP contribution in [0.15, 0.2) is 77.7 Å². The maximum absolute atomic E-state index is 14.3. The van der Waals surface area contributed by atoms with Gasteiger partial charge in [0.05, 0.1) is 40.9 Å². The monoisotopic (exact) mass is 734 g/mol. The third kappa shape index (κ3) is 10.7. The van der Waals surface area contributed by atoms with Gasteiger partial charge in [-0.25, -0.2) is 13.2 Å². The number of likely N-dealkylation sites (N-methyl/N-ethyl adjacent to an activating group) is 1. The van der Waals surface area contributed by atoms with Gasteiger partial charge in [-0.05, 0) is 87.7 Å². The van der Waals surface area contributed by atoms with Crippen molar-refractivity contribution in [3.63, 3.8) is 0 Å². The molecule has 1 aliphatic heterocycles. The van der Waals surface area contributed by atoms with Crippen LogP contribution in [0.3, 0.4) is 0 Å². The van der Waals surface area contributed by atoms with Crippen LogP contribution in [0, 0.1) is 5.92 Å². The molecule has 0 saturated carbocycles. The summed E-state index contributed by atoms with van der Waals surface area (Å²) < 4.78 is 79.3. The van der Waals surface area contributed by atoms with Crippen molar-refractivity contribution in [1.29, 1.82) is 0 Å². The first kappa shape index (κ1) is 39.6. The van der Waals surface area contributed by atoms with Crippen molar-refractivity contribution in [2.75, 3.05) is 44.0 Å². The molecule has 0 radical (unpaired) electrons. The SMILES string of the molecule is C[C@@H]1CN([C@@H](C)CO)C(=O)c2cc(NC(=O)Nc3ccc(C(F)(F)F)cc3)ccc2O[C@@H](C)CCCCO[C@@H]1CN(C)S(=O)(=O)c1ccccc1. The fourth-order valence-corrected chi connectivity index (χ4v) is 6.83. The van der Waals surface area contributed by atoms with Crippen molar-refractivity contribution in [2.45, 2.75) is 69.4 Å². The van der Waals surface area contributed by atoms with Crippen LogP contribution in [-0.4, -0.2) is 86.3 Å². The van der Waals surface area contributed by atoms with Gasteiger partial charge in [-0.1, -0.05) is 25.1 Å². The summed E-state index contributed by atoms with van der Waals surface area (Å²) in [4.78, 5) is 28.8. The molecule has 0 saturated heterocycles. The first-order valence-electron chi connectivity index (χ1n) is 16.7. The number of nitrogens with one attached hydrogen (secondary N) is 2. The van der Waals surface area contributed by atoms with Crippen molar-refractivity contribution in [3.05, 3.63) is 83.9 Å². The molecule has 3 amide bonds. The summed E-state index contributed by atoms with van der Waals surface area (Å²) in [7, 11) is -2.34. The number of carbonyl (C=O) groups is 2. The lowest BCUT2D eigenvalue weighted by Gasteiger charge is -2.35. The van der Waals surface area contributed by atoms with Gasteiger partial charge in [-0.2, -0.15) is 17.5 Å². The van der Waals surface area contributed by atoms with Gasteiger partial charge in [0.2, 0.25) is 10.0 Å². The lowest BCUT2D eigenvalue weighted by atomic mass is 10.0. The largest absolute Gasteiger partial charge is 0.490 e. The average molecular weight is 735 g/mol. The van der Waals surface area contributed by atoms with Gasteiger partial charge in [-0.15, -0.1) is 0 Å². The highest BCUT2D eigenvalue weighted by molar-refractivity contribution is 7.89. The summed E-state index contributed by atoms with van der Waals surface area (Å²) in [5, 5.41) is 15.3. The molecule has 4 atom stereocenters. The van der Waals surface area contributed by atoms with E-state index >= 15 is 0 Å². The second-order valence-electron chi connectivity index (χ2n) is 12.8. The minimum absolute atomic E-state index is 0.0200. The molecule has 3 aromatic carbocycles. The van der Waals surface area contributed by atoms with Crippen LogP contribution in [0.1, 0.15) is 56.0 Å². The first-order chi connectivity index (χ1) is 24.1. The molecule has 3 aromatic rings. The maximum atomic E-state index is 14.3. The van der Waals surface area contributed by atoms with Gasteiger partial charge in [0, 0.05) is 44.0 Å². The molecule has 3 N–H and O–H groups in total. The van der Waals surface area contributed by atoms with E-state index in [-0.39, 0.29) is 53.4 Å². The number of urea groups is 1. The number of sulfonamides is 1. The van der Waals surface area contributed by atoms with E-state index in [0.29, 0.717) is 19.4 Å². The van der Waals surface area contributed by atoms with Crippen molar-refractivity contribution >= 4 is 33.3 Å². The fourth-order valence-electron chi connectivity index (χ4n) is 5.62. The van der Waals surface area contributed by atoms with E-state index in [1.807, 2.05) is 13.8 Å². The predicted molar refractivity (Wildman–Crippen MR) is 187 cm³/mol. The molecule has 1 heterocycles. The highest BCUT2D eigenvalue weighted by Gasteiger charge is 2.33. The number of fused-ring (bicyclic) bond motifs is 1. The van der Waals surface area contributed by atoms with E-state index in [1.54, 1.807) is 37.3 Å². The van der Waals surface area contributed by atoms with Gasteiger partial charge in [0.1, 0.15) is 5.75 Å². The molecule has 0 fully saturated rings. The number of halogens is 3. The Kier molecular flexibility index (Phi) is 13.5. The number of hydrogen-bond acceptors (Lipinski definition) is 7. The molecule has 11 nitrogen and oxygen atoms in total. The Hall–Kier alpha value is -4.18. The van der Waals surface area contributed by atoms with Gasteiger partial charge in [0.25, 0.3) is 5.91 Å². The molecule has 0 spiro atoms. The summed E-state index contributed by atoms with van der Waals surface area (Å²) in [5.74, 6) is -0.626. The molecule has 15 heteroatoms. The fraction of sp³-hybridized carbons (Fsp3) is 0.444. The summed E-state index contributed by atoms with van der Waals surface area (Å²) in [6.45, 7) is 5.51. The molecule has 1 aliphatic rings. The zero-order chi connectivity index (χ0) is 37.3. The highest BCUT2D eigenvalue weighted by Crippen LogP contribution is 2.31. The smallest absolute Gasteiger partial charge is 0.416 e. The summed E-state index contributed by atoms with van der Waals surface area (Å²) >= 11 is 0. The summed E-state index contributed by atoms with van der Waals surface area (Å²) in [5.41, 5.74) is -0.407. The number of anilines is 2. The average Bonchev–Trinajstić information content (AvgIpc) is 3.09. The number of rotatable bonds is 8. The molecule has 0 aromatic heterocycles. The second kappa shape index (κ2) is 17.4. The Morgan fingerprint density at radius 2 is 1.67 bits per heavy atom. The number of benzene rings is 3. The molecule has 4 rings (SSSR count). The normalized spacial score (nSPS) is 20.1. The van der Waals surface area contributed by atoms with Gasteiger partial charge in [0.15, 0.2) is 0 Å². The van der Waals surface area contributed by atoms with Crippen LogP contribution in [0.5, 0.6) is 5.75 Å². The van der Waals surface area contributed by atoms with E-state index < -0.39 is 51.8 Å². The van der Waals surface area contributed by atoms with Crippen LogP contribution < -0.4 is 15.4 Å². The number of ether oxygens (including phenoxy) is 2. The zero-order valence-corrected chi connectivity index (χ0v) is 29.8. The Morgan fingerprint density at radius 3 is 2.31 bits per heavy atom. The lowest BCUT2D eigenvalue weighted by Crippen LogP contribution is -2.48. The molecular weight excluding hydrogens is 689 g/mol. The minimum atomic E-state index is -4.52. The molecule has 0 bridgehead atoms. The number of hydrogen-bond donors (Lipinski definition) is 3. The van der Waals surface area contributed by atoms with Gasteiger partial charge < -0.3 is 30.1 Å². The number of aliphatic hydroxyl groups excluding tert-OH is 1. The van der Waals surface area contributed by atoms with Crippen LogP contribution in [0.2, 0.25) is 0 Å². The molecule has 278 valence electrons. The molecule has 0 unspecified atom stereocenters. The Morgan fingerprint density at radius 1 is 1.02 bits per heavy atom. The number of amides is 3.